The molecule has 1 rings (SSSR count). The molecule has 0 spiro atoms. The normalized spacial score (nSPS) is 11.6. The van der Waals surface area contributed by atoms with Gasteiger partial charge >= 0.3 is 0 Å². The van der Waals surface area contributed by atoms with Crippen LogP contribution in [0.1, 0.15) is 12.0 Å². The Labute approximate surface area is 107 Å². The minimum Gasteiger partial charge on any atom is -0.313 e. The average Bonchev–Trinajstić information content (AvgIpc) is 2.24. The van der Waals surface area contributed by atoms with Crippen molar-refractivity contribution in [2.75, 3.05) is 19.3 Å². The summed E-state index contributed by atoms with van der Waals surface area (Å²) < 4.78 is 24.0. The summed E-state index contributed by atoms with van der Waals surface area (Å²) >= 11 is 5.77. The van der Waals surface area contributed by atoms with Gasteiger partial charge in [-0.25, -0.2) is 13.1 Å². The maximum Gasteiger partial charge on any atom is 0.208 e. The van der Waals surface area contributed by atoms with E-state index in [1.165, 1.54) is 0 Å². The second kappa shape index (κ2) is 6.96. The molecule has 6 heteroatoms. The number of hydrogen-bond donors (Lipinski definition) is 2. The van der Waals surface area contributed by atoms with Gasteiger partial charge in [0.05, 0.1) is 6.26 Å². The number of sulfonamides is 1. The van der Waals surface area contributed by atoms with Crippen molar-refractivity contribution in [3.8, 4) is 0 Å². The molecular weight excluding hydrogens is 260 g/mol. The van der Waals surface area contributed by atoms with Crippen LogP contribution in [0.2, 0.25) is 5.02 Å². The molecule has 0 saturated heterocycles. The van der Waals surface area contributed by atoms with E-state index >= 15 is 0 Å². The van der Waals surface area contributed by atoms with Gasteiger partial charge in [0.15, 0.2) is 0 Å². The molecule has 96 valence electrons. The molecule has 2 N–H and O–H groups in total. The lowest BCUT2D eigenvalue weighted by atomic mass is 10.2. The summed E-state index contributed by atoms with van der Waals surface area (Å²) in [4.78, 5) is 0. The Kier molecular flexibility index (Phi) is 5.91. The zero-order chi connectivity index (χ0) is 12.7. The maximum absolute atomic E-state index is 10.8. The van der Waals surface area contributed by atoms with Crippen LogP contribution in [0.4, 0.5) is 0 Å². The van der Waals surface area contributed by atoms with Crippen LogP contribution >= 0.6 is 11.6 Å². The van der Waals surface area contributed by atoms with Crippen LogP contribution in [-0.4, -0.2) is 27.8 Å². The average molecular weight is 277 g/mol. The van der Waals surface area contributed by atoms with Crippen LogP contribution in [0.15, 0.2) is 24.3 Å². The minimum atomic E-state index is -3.06. The topological polar surface area (TPSA) is 58.2 Å². The van der Waals surface area contributed by atoms with E-state index in [9.17, 15) is 8.42 Å². The second-order valence-corrected chi connectivity index (χ2v) is 6.09. The Balaban J connectivity index is 2.10. The van der Waals surface area contributed by atoms with Gasteiger partial charge in [0.1, 0.15) is 0 Å². The van der Waals surface area contributed by atoms with Crippen molar-refractivity contribution in [3.05, 3.63) is 34.9 Å². The van der Waals surface area contributed by atoms with Crippen LogP contribution in [-0.2, 0) is 16.6 Å². The third kappa shape index (κ3) is 7.33. The first kappa shape index (κ1) is 14.4. The molecule has 0 bridgehead atoms. The van der Waals surface area contributed by atoms with E-state index in [1.807, 2.05) is 24.3 Å². The Morgan fingerprint density at radius 3 is 2.41 bits per heavy atom. The molecule has 0 aliphatic rings. The Morgan fingerprint density at radius 2 is 1.82 bits per heavy atom. The summed E-state index contributed by atoms with van der Waals surface area (Å²) in [7, 11) is -3.06. The highest BCUT2D eigenvalue weighted by Crippen LogP contribution is 2.08. The summed E-state index contributed by atoms with van der Waals surface area (Å²) in [6.45, 7) is 1.99. The number of nitrogens with one attached hydrogen (secondary N) is 2. The van der Waals surface area contributed by atoms with E-state index < -0.39 is 10.0 Å². The smallest absolute Gasteiger partial charge is 0.208 e. The molecule has 0 aliphatic carbocycles. The summed E-state index contributed by atoms with van der Waals surface area (Å²) in [5.74, 6) is 0. The molecule has 0 radical (unpaired) electrons. The fourth-order valence-electron chi connectivity index (χ4n) is 1.31. The van der Waals surface area contributed by atoms with E-state index in [0.29, 0.717) is 6.54 Å². The van der Waals surface area contributed by atoms with Crippen molar-refractivity contribution in [2.45, 2.75) is 13.0 Å². The molecule has 0 atom stereocenters. The molecule has 0 aliphatic heterocycles. The monoisotopic (exact) mass is 276 g/mol. The summed E-state index contributed by atoms with van der Waals surface area (Å²) in [6.07, 6.45) is 1.93. The third-order valence-corrected chi connectivity index (χ3v) is 3.12. The summed E-state index contributed by atoms with van der Waals surface area (Å²) in [5, 5.41) is 3.96. The van der Waals surface area contributed by atoms with Crippen molar-refractivity contribution in [1.82, 2.24) is 10.0 Å². The molecule has 1 aromatic rings. The summed E-state index contributed by atoms with van der Waals surface area (Å²) in [5.41, 5.74) is 1.16. The largest absolute Gasteiger partial charge is 0.313 e. The van der Waals surface area contributed by atoms with Gasteiger partial charge < -0.3 is 5.32 Å². The molecule has 17 heavy (non-hydrogen) atoms. The van der Waals surface area contributed by atoms with E-state index in [2.05, 4.69) is 10.0 Å². The lowest BCUT2D eigenvalue weighted by Gasteiger charge is -2.05. The Bertz CT molecular complexity index is 431. The Hall–Kier alpha value is -0.620. The predicted octanol–water partition coefficient (Wildman–Crippen LogP) is 1.37. The van der Waals surface area contributed by atoms with E-state index in [0.717, 1.165) is 36.4 Å². The van der Waals surface area contributed by atoms with Crippen molar-refractivity contribution in [2.24, 2.45) is 0 Å². The molecule has 1 aromatic carbocycles. The number of rotatable bonds is 7. The second-order valence-electron chi connectivity index (χ2n) is 3.82. The zero-order valence-electron chi connectivity index (χ0n) is 9.74. The van der Waals surface area contributed by atoms with Crippen molar-refractivity contribution in [1.29, 1.82) is 0 Å². The third-order valence-electron chi connectivity index (χ3n) is 2.14. The first-order chi connectivity index (χ1) is 7.97. The highest BCUT2D eigenvalue weighted by molar-refractivity contribution is 7.88. The van der Waals surface area contributed by atoms with Crippen LogP contribution in [0.25, 0.3) is 0 Å². The Morgan fingerprint density at radius 1 is 1.18 bits per heavy atom. The maximum atomic E-state index is 10.8. The van der Waals surface area contributed by atoms with Crippen LogP contribution < -0.4 is 10.0 Å². The first-order valence-corrected chi connectivity index (χ1v) is 7.64. The van der Waals surface area contributed by atoms with E-state index in [4.69, 9.17) is 11.6 Å². The SMILES string of the molecule is CS(=O)(=O)NCCCNCc1ccc(Cl)cc1. The van der Waals surface area contributed by atoms with Crippen molar-refractivity contribution < 1.29 is 8.42 Å². The molecular formula is C11H17ClN2O2S. The van der Waals surface area contributed by atoms with Crippen molar-refractivity contribution >= 4 is 21.6 Å². The van der Waals surface area contributed by atoms with Gasteiger partial charge in [0, 0.05) is 18.1 Å². The van der Waals surface area contributed by atoms with Gasteiger partial charge in [-0.05, 0) is 30.7 Å². The van der Waals surface area contributed by atoms with Gasteiger partial charge in [-0.15, -0.1) is 0 Å². The molecule has 0 heterocycles. The number of hydrogen-bond acceptors (Lipinski definition) is 3. The highest BCUT2D eigenvalue weighted by atomic mass is 35.5. The van der Waals surface area contributed by atoms with Gasteiger partial charge in [-0.2, -0.15) is 0 Å². The molecule has 0 saturated carbocycles. The number of benzene rings is 1. The van der Waals surface area contributed by atoms with Gasteiger partial charge in [-0.3, -0.25) is 0 Å². The van der Waals surface area contributed by atoms with Gasteiger partial charge in [0.25, 0.3) is 0 Å². The quantitative estimate of drug-likeness (QED) is 0.740. The lowest BCUT2D eigenvalue weighted by molar-refractivity contribution is 0.579. The molecule has 0 unspecified atom stereocenters. The molecule has 4 nitrogen and oxygen atoms in total. The molecule has 0 aromatic heterocycles. The van der Waals surface area contributed by atoms with Gasteiger partial charge in [0.2, 0.25) is 10.0 Å². The fraction of sp³-hybridized carbons (Fsp3) is 0.455. The van der Waals surface area contributed by atoms with Crippen molar-refractivity contribution in [3.63, 3.8) is 0 Å². The first-order valence-electron chi connectivity index (χ1n) is 5.37. The van der Waals surface area contributed by atoms with Crippen LogP contribution in [0.3, 0.4) is 0 Å². The minimum absolute atomic E-state index is 0.465. The number of halogens is 1. The van der Waals surface area contributed by atoms with E-state index in [-0.39, 0.29) is 0 Å². The molecule has 0 fully saturated rings. The predicted molar refractivity (Wildman–Crippen MR) is 70.6 cm³/mol. The van der Waals surface area contributed by atoms with Crippen LogP contribution in [0, 0.1) is 0 Å². The standard InChI is InChI=1S/C11H17ClN2O2S/c1-17(15,16)14-8-2-7-13-9-10-3-5-11(12)6-4-10/h3-6,13-14H,2,7-9H2,1H3. The zero-order valence-corrected chi connectivity index (χ0v) is 11.3. The highest BCUT2D eigenvalue weighted by Gasteiger charge is 1.98. The van der Waals surface area contributed by atoms with Crippen LogP contribution in [0.5, 0.6) is 0 Å². The van der Waals surface area contributed by atoms with Gasteiger partial charge in [-0.1, -0.05) is 23.7 Å². The lowest BCUT2D eigenvalue weighted by Crippen LogP contribution is -2.26. The summed E-state index contributed by atoms with van der Waals surface area (Å²) in [6, 6.07) is 7.63. The molecule has 0 amide bonds. The van der Waals surface area contributed by atoms with E-state index in [1.54, 1.807) is 0 Å². The fourth-order valence-corrected chi connectivity index (χ4v) is 1.95.